The fourth-order valence-corrected chi connectivity index (χ4v) is 5.42. The molecule has 5 rings (SSSR count). The summed E-state index contributed by atoms with van der Waals surface area (Å²) in [5.74, 6) is 0.468. The normalized spacial score (nSPS) is 17.1. The van der Waals surface area contributed by atoms with Crippen molar-refractivity contribution in [2.75, 3.05) is 0 Å². The molecule has 0 saturated heterocycles. The van der Waals surface area contributed by atoms with Crippen LogP contribution in [-0.2, 0) is 16.0 Å². The monoisotopic (exact) mass is 595 g/mol. The molecule has 44 heavy (non-hydrogen) atoms. The second kappa shape index (κ2) is 13.4. The van der Waals surface area contributed by atoms with E-state index in [4.69, 9.17) is 14.2 Å². The van der Waals surface area contributed by atoms with E-state index in [-0.39, 0.29) is 29.7 Å². The van der Waals surface area contributed by atoms with Gasteiger partial charge in [0.25, 0.3) is 5.56 Å². The summed E-state index contributed by atoms with van der Waals surface area (Å²) in [6.45, 7) is 9.68. The summed E-state index contributed by atoms with van der Waals surface area (Å²) < 4.78 is 26.5. The van der Waals surface area contributed by atoms with Gasteiger partial charge in [-0.2, -0.15) is 4.98 Å². The maximum absolute atomic E-state index is 13.8. The van der Waals surface area contributed by atoms with Crippen molar-refractivity contribution in [2.45, 2.75) is 77.2 Å². The summed E-state index contributed by atoms with van der Waals surface area (Å²) in [6.07, 6.45) is 12.8. The molecule has 1 aliphatic rings. The van der Waals surface area contributed by atoms with Gasteiger partial charge in [-0.05, 0) is 107 Å². The molecule has 7 nitrogen and oxygen atoms in total. The Hall–Kier alpha value is -4.59. The highest BCUT2D eigenvalue weighted by Crippen LogP contribution is 2.31. The summed E-state index contributed by atoms with van der Waals surface area (Å²) >= 11 is 0. The number of esters is 1. The molecule has 1 aliphatic carbocycles. The number of hydrogen-bond donors (Lipinski definition) is 0. The quantitative estimate of drug-likeness (QED) is 0.151. The Morgan fingerprint density at radius 3 is 2.68 bits per heavy atom. The summed E-state index contributed by atoms with van der Waals surface area (Å²) in [4.78, 5) is 30.8. The Balaban J connectivity index is 1.44. The van der Waals surface area contributed by atoms with Crippen LogP contribution < -0.4 is 5.56 Å². The van der Waals surface area contributed by atoms with Gasteiger partial charge in [0, 0.05) is 34.7 Å². The Kier molecular flexibility index (Phi) is 9.37. The highest BCUT2D eigenvalue weighted by atomic mass is 19.1. The molecule has 4 aromatic rings. The van der Waals surface area contributed by atoms with Gasteiger partial charge < -0.3 is 9.26 Å². The maximum Gasteiger partial charge on any atom is 0.306 e. The molecule has 8 heteroatoms. The van der Waals surface area contributed by atoms with Crippen LogP contribution >= 0.6 is 0 Å². The molecule has 0 bridgehead atoms. The average Bonchev–Trinajstić information content (AvgIpc) is 3.49. The fraction of sp³-hybridized carbons (Fsp3) is 0.333. The van der Waals surface area contributed by atoms with Crippen molar-refractivity contribution in [3.63, 3.8) is 0 Å². The first kappa shape index (κ1) is 30.9. The van der Waals surface area contributed by atoms with Crippen LogP contribution in [-0.4, -0.2) is 26.3 Å². The van der Waals surface area contributed by atoms with Gasteiger partial charge in [0.05, 0.1) is 0 Å². The molecule has 1 atom stereocenters. The van der Waals surface area contributed by atoms with E-state index < -0.39 is 5.60 Å². The lowest BCUT2D eigenvalue weighted by atomic mass is 9.95. The highest BCUT2D eigenvalue weighted by molar-refractivity contribution is 5.86. The molecule has 0 aliphatic heterocycles. The van der Waals surface area contributed by atoms with Gasteiger partial charge in [0.15, 0.2) is 0 Å². The average molecular weight is 596 g/mol. The Labute approximate surface area is 256 Å². The number of nitrogens with zero attached hydrogens (tertiary/aromatic N) is 3. The first-order valence-corrected chi connectivity index (χ1v) is 15.1. The number of rotatable bonds is 8. The third-order valence-corrected chi connectivity index (χ3v) is 7.48. The van der Waals surface area contributed by atoms with E-state index in [1.807, 2.05) is 57.2 Å². The van der Waals surface area contributed by atoms with Crippen molar-refractivity contribution >= 4 is 16.7 Å². The first-order chi connectivity index (χ1) is 21.1. The molecule has 228 valence electrons. The molecular weight excluding hydrogens is 557 g/mol. The van der Waals surface area contributed by atoms with E-state index >= 15 is 0 Å². The van der Waals surface area contributed by atoms with Crippen molar-refractivity contribution in [3.8, 4) is 17.1 Å². The van der Waals surface area contributed by atoms with Gasteiger partial charge in [0.2, 0.25) is 11.7 Å². The zero-order valence-corrected chi connectivity index (χ0v) is 25.5. The van der Waals surface area contributed by atoms with E-state index in [2.05, 4.69) is 17.8 Å². The second-order valence-electron chi connectivity index (χ2n) is 12.2. The van der Waals surface area contributed by atoms with Crippen LogP contribution in [0.15, 0.2) is 94.3 Å². The van der Waals surface area contributed by atoms with E-state index in [9.17, 15) is 14.0 Å². The number of fused-ring (bicyclic) bond motifs is 1. The number of allylic oxidation sites excluding steroid dienone is 5. The Morgan fingerprint density at radius 1 is 1.11 bits per heavy atom. The van der Waals surface area contributed by atoms with Crippen LogP contribution in [0.25, 0.3) is 27.8 Å². The molecule has 0 spiro atoms. The largest absolute Gasteiger partial charge is 0.460 e. The lowest BCUT2D eigenvalue weighted by Gasteiger charge is -2.19. The molecule has 0 saturated carbocycles. The molecular formula is C36H38FN3O4. The molecule has 2 aromatic heterocycles. The number of halogens is 1. The molecule has 0 fully saturated rings. The standard InChI is InChI=1S/C36H38FN3O4/c1-24-11-7-5-6-8-12-26(21-24)34-38-33(39-44-34)25-15-20-31-27(22-25)23-30(13-9-10-14-32(41)43-36(2,3)4)40(35(31)42)29-18-16-28(37)17-19-29/h5-7,11,15-20,22-23,26H,1,8-10,12-14,21H2,2-4H3/b6-5-,11-7-. The summed E-state index contributed by atoms with van der Waals surface area (Å²) in [5, 5.41) is 5.54. The smallest absolute Gasteiger partial charge is 0.306 e. The van der Waals surface area contributed by atoms with Crippen LogP contribution in [0.5, 0.6) is 0 Å². The molecule has 0 amide bonds. The number of pyridine rings is 1. The highest BCUT2D eigenvalue weighted by Gasteiger charge is 2.21. The third kappa shape index (κ3) is 7.67. The Morgan fingerprint density at radius 2 is 1.91 bits per heavy atom. The molecule has 0 N–H and O–H groups in total. The number of aromatic nitrogens is 3. The Bertz CT molecular complexity index is 1770. The van der Waals surface area contributed by atoms with E-state index in [1.165, 1.54) is 12.1 Å². The number of aryl methyl sites for hydroxylation is 1. The fourth-order valence-electron chi connectivity index (χ4n) is 5.42. The zero-order valence-electron chi connectivity index (χ0n) is 25.5. The summed E-state index contributed by atoms with van der Waals surface area (Å²) in [5.41, 5.74) is 2.34. The minimum absolute atomic E-state index is 0.0619. The van der Waals surface area contributed by atoms with Crippen molar-refractivity contribution in [1.29, 1.82) is 0 Å². The van der Waals surface area contributed by atoms with E-state index in [0.29, 0.717) is 42.1 Å². The summed E-state index contributed by atoms with van der Waals surface area (Å²) in [6, 6.07) is 13.3. The number of hydrogen-bond acceptors (Lipinski definition) is 6. The van der Waals surface area contributed by atoms with Crippen LogP contribution in [0.4, 0.5) is 4.39 Å². The van der Waals surface area contributed by atoms with Gasteiger partial charge in [-0.15, -0.1) is 0 Å². The van der Waals surface area contributed by atoms with Crippen molar-refractivity contribution < 1.29 is 18.4 Å². The number of benzene rings is 2. The van der Waals surface area contributed by atoms with Crippen LogP contribution in [0.1, 0.15) is 76.8 Å². The minimum atomic E-state index is -0.534. The van der Waals surface area contributed by atoms with Gasteiger partial charge >= 0.3 is 5.97 Å². The number of carbonyl (C=O) groups is 1. The van der Waals surface area contributed by atoms with Gasteiger partial charge in [-0.3, -0.25) is 14.2 Å². The van der Waals surface area contributed by atoms with Crippen molar-refractivity contribution in [2.24, 2.45) is 0 Å². The van der Waals surface area contributed by atoms with Crippen molar-refractivity contribution in [3.05, 3.63) is 113 Å². The van der Waals surface area contributed by atoms with Gasteiger partial charge in [-0.25, -0.2) is 4.39 Å². The lowest BCUT2D eigenvalue weighted by molar-refractivity contribution is -0.154. The first-order valence-electron chi connectivity index (χ1n) is 15.1. The minimum Gasteiger partial charge on any atom is -0.460 e. The van der Waals surface area contributed by atoms with Crippen molar-refractivity contribution in [1.82, 2.24) is 14.7 Å². The maximum atomic E-state index is 13.8. The van der Waals surface area contributed by atoms with Crippen LogP contribution in [0.3, 0.4) is 0 Å². The number of ether oxygens (including phenoxy) is 1. The number of unbranched alkanes of at least 4 members (excludes halogenated alkanes) is 1. The zero-order chi connectivity index (χ0) is 31.3. The molecule has 0 radical (unpaired) electrons. The second-order valence-corrected chi connectivity index (χ2v) is 12.2. The third-order valence-electron chi connectivity index (χ3n) is 7.48. The predicted molar refractivity (Wildman–Crippen MR) is 170 cm³/mol. The van der Waals surface area contributed by atoms with Gasteiger partial charge in [0.1, 0.15) is 11.4 Å². The predicted octanol–water partition coefficient (Wildman–Crippen LogP) is 8.17. The summed E-state index contributed by atoms with van der Waals surface area (Å²) in [7, 11) is 0. The van der Waals surface area contributed by atoms with E-state index in [0.717, 1.165) is 41.5 Å². The van der Waals surface area contributed by atoms with Crippen LogP contribution in [0.2, 0.25) is 0 Å². The molecule has 2 aromatic carbocycles. The van der Waals surface area contributed by atoms with Crippen LogP contribution in [0, 0.1) is 5.82 Å². The molecule has 1 unspecified atom stereocenters. The molecule has 2 heterocycles. The SMILES string of the molecule is C=C1/C=C\C=C/CCC(c2nc(-c3ccc4c(=O)n(-c5ccc(F)cc5)c(CCCCC(=O)OC(C)(C)C)cc4c3)no2)C1. The number of carbonyl (C=O) groups excluding carboxylic acids is 1. The van der Waals surface area contributed by atoms with Gasteiger partial charge in [-0.1, -0.05) is 47.7 Å². The van der Waals surface area contributed by atoms with E-state index in [1.54, 1.807) is 22.8 Å². The topological polar surface area (TPSA) is 87.2 Å². The lowest BCUT2D eigenvalue weighted by Crippen LogP contribution is -2.24.